The summed E-state index contributed by atoms with van der Waals surface area (Å²) in [7, 11) is 2.93. The number of piperidine rings is 2. The molecule has 0 radical (unpaired) electrons. The minimum atomic E-state index is -0.650. The summed E-state index contributed by atoms with van der Waals surface area (Å²) in [4.78, 5) is 54.4. The predicted molar refractivity (Wildman–Crippen MR) is 152 cm³/mol. The average molecular weight is 562 g/mol. The van der Waals surface area contributed by atoms with Crippen LogP contribution in [-0.2, 0) is 16.1 Å². The van der Waals surface area contributed by atoms with Crippen LogP contribution in [-0.4, -0.2) is 67.9 Å². The van der Waals surface area contributed by atoms with Crippen molar-refractivity contribution in [2.45, 2.75) is 44.6 Å². The summed E-state index contributed by atoms with van der Waals surface area (Å²) in [6, 6.07) is 12.4. The van der Waals surface area contributed by atoms with Crippen LogP contribution >= 0.6 is 0 Å². The Hall–Kier alpha value is -4.34. The van der Waals surface area contributed by atoms with Crippen molar-refractivity contribution in [2.75, 3.05) is 40.4 Å². The molecule has 216 valence electrons. The lowest BCUT2D eigenvalue weighted by molar-refractivity contribution is -0.134. The fraction of sp³-hybridized carbons (Fsp3) is 0.419. The zero-order valence-corrected chi connectivity index (χ0v) is 23.4. The summed E-state index contributed by atoms with van der Waals surface area (Å²) >= 11 is 0. The van der Waals surface area contributed by atoms with Crippen LogP contribution in [0.25, 0.3) is 11.0 Å². The van der Waals surface area contributed by atoms with Gasteiger partial charge in [0.2, 0.25) is 11.8 Å². The predicted octanol–water partition coefficient (Wildman–Crippen LogP) is 3.46. The van der Waals surface area contributed by atoms with E-state index >= 15 is 0 Å². The molecule has 3 aromatic rings. The zero-order chi connectivity index (χ0) is 28.9. The molecular weight excluding hydrogens is 526 g/mol. The quantitative estimate of drug-likeness (QED) is 0.448. The van der Waals surface area contributed by atoms with E-state index in [1.807, 2.05) is 17.0 Å². The maximum Gasteiger partial charge on any atom is 0.287 e. The lowest BCUT2D eigenvalue weighted by atomic mass is 9.86. The number of nitrogens with zero attached hydrogens (tertiary/aromatic N) is 2. The highest BCUT2D eigenvalue weighted by Gasteiger charge is 2.27. The fourth-order valence-electron chi connectivity index (χ4n) is 5.70. The van der Waals surface area contributed by atoms with Crippen molar-refractivity contribution in [3.05, 3.63) is 69.6 Å². The molecule has 1 N–H and O–H groups in total. The van der Waals surface area contributed by atoms with E-state index in [1.54, 1.807) is 4.90 Å². The monoisotopic (exact) mass is 561 g/mol. The first-order valence-corrected chi connectivity index (χ1v) is 14.0. The molecule has 5 rings (SSSR count). The summed E-state index contributed by atoms with van der Waals surface area (Å²) in [6.07, 6.45) is 4.23. The van der Waals surface area contributed by atoms with Crippen molar-refractivity contribution in [1.29, 1.82) is 0 Å². The van der Waals surface area contributed by atoms with Crippen LogP contribution in [0.4, 0.5) is 0 Å². The number of rotatable bonds is 8. The maximum atomic E-state index is 12.9. The number of carbonyl (C=O) groups is 3. The largest absolute Gasteiger partial charge is 0.493 e. The molecule has 2 aliphatic heterocycles. The molecule has 10 heteroatoms. The van der Waals surface area contributed by atoms with Gasteiger partial charge in [-0.05, 0) is 48.8 Å². The summed E-state index contributed by atoms with van der Waals surface area (Å²) in [5, 5.41) is 2.84. The van der Waals surface area contributed by atoms with Gasteiger partial charge >= 0.3 is 0 Å². The molecule has 0 atom stereocenters. The zero-order valence-electron chi connectivity index (χ0n) is 23.4. The average Bonchev–Trinajstić information content (AvgIpc) is 3.00. The molecule has 0 aliphatic carbocycles. The van der Waals surface area contributed by atoms with Crippen molar-refractivity contribution >= 4 is 28.7 Å². The van der Waals surface area contributed by atoms with Crippen LogP contribution in [0.1, 0.15) is 59.7 Å². The number of likely N-dealkylation sites (tertiary alicyclic amines) is 2. The van der Waals surface area contributed by atoms with Crippen LogP contribution in [0.3, 0.4) is 0 Å². The Balaban J connectivity index is 1.18. The number of hydrogen-bond donors (Lipinski definition) is 1. The Labute approximate surface area is 238 Å². The smallest absolute Gasteiger partial charge is 0.287 e. The molecule has 2 saturated heterocycles. The van der Waals surface area contributed by atoms with Crippen molar-refractivity contribution < 1.29 is 28.3 Å². The van der Waals surface area contributed by atoms with E-state index in [-0.39, 0.29) is 35.1 Å². The molecule has 2 fully saturated rings. The van der Waals surface area contributed by atoms with Gasteiger partial charge in [0.25, 0.3) is 5.91 Å². The first-order chi connectivity index (χ1) is 19.9. The molecule has 10 nitrogen and oxygen atoms in total. The molecule has 0 saturated carbocycles. The Kier molecular flexibility index (Phi) is 8.56. The van der Waals surface area contributed by atoms with Crippen molar-refractivity contribution in [3.63, 3.8) is 0 Å². The Morgan fingerprint density at radius 1 is 0.976 bits per heavy atom. The molecule has 2 aliphatic rings. The highest BCUT2D eigenvalue weighted by Crippen LogP contribution is 2.32. The third-order valence-corrected chi connectivity index (χ3v) is 7.98. The topological polar surface area (TPSA) is 118 Å². The molecular formula is C31H35N3O7. The van der Waals surface area contributed by atoms with Gasteiger partial charge in [0, 0.05) is 44.7 Å². The summed E-state index contributed by atoms with van der Waals surface area (Å²) in [5.41, 5.74) is 2.19. The third-order valence-electron chi connectivity index (χ3n) is 7.98. The second-order valence-electron chi connectivity index (χ2n) is 10.5. The number of fused-ring (bicyclic) bond motifs is 1. The fourth-order valence-corrected chi connectivity index (χ4v) is 5.70. The number of benzene rings is 2. The van der Waals surface area contributed by atoms with Gasteiger partial charge in [-0.1, -0.05) is 24.3 Å². The van der Waals surface area contributed by atoms with Crippen molar-refractivity contribution in [1.82, 2.24) is 15.1 Å². The van der Waals surface area contributed by atoms with Gasteiger partial charge < -0.3 is 29.0 Å². The van der Waals surface area contributed by atoms with E-state index in [2.05, 4.69) is 17.4 Å². The van der Waals surface area contributed by atoms with E-state index < -0.39 is 11.3 Å². The Morgan fingerprint density at radius 2 is 1.71 bits per heavy atom. The molecule has 0 unspecified atom stereocenters. The van der Waals surface area contributed by atoms with Crippen LogP contribution < -0.4 is 20.2 Å². The van der Waals surface area contributed by atoms with Crippen LogP contribution in [0, 0.1) is 0 Å². The van der Waals surface area contributed by atoms with Crippen molar-refractivity contribution in [2.24, 2.45) is 0 Å². The summed E-state index contributed by atoms with van der Waals surface area (Å²) in [6.45, 7) is 2.37. The van der Waals surface area contributed by atoms with Gasteiger partial charge in [0.15, 0.2) is 22.7 Å². The lowest BCUT2D eigenvalue weighted by Gasteiger charge is -2.34. The molecule has 3 amide bonds. The van der Waals surface area contributed by atoms with E-state index in [0.29, 0.717) is 43.5 Å². The SMILES string of the molecule is COc1cc2oc(C(=O)NCC(=O)N3CCC(c4ccccc4CN4CCCCC4=O)CC3)cc(=O)c2cc1OC. The number of amides is 3. The molecule has 0 spiro atoms. The number of nitrogens with one attached hydrogen (secondary N) is 1. The Bertz CT molecular complexity index is 1510. The first kappa shape index (κ1) is 28.2. The van der Waals surface area contributed by atoms with Crippen LogP contribution in [0.2, 0.25) is 0 Å². The number of methoxy groups -OCH3 is 2. The van der Waals surface area contributed by atoms with E-state index in [0.717, 1.165) is 38.3 Å². The van der Waals surface area contributed by atoms with E-state index in [9.17, 15) is 19.2 Å². The molecule has 3 heterocycles. The summed E-state index contributed by atoms with van der Waals surface area (Å²) < 4.78 is 16.2. The lowest BCUT2D eigenvalue weighted by Crippen LogP contribution is -2.44. The van der Waals surface area contributed by atoms with Gasteiger partial charge in [-0.3, -0.25) is 19.2 Å². The van der Waals surface area contributed by atoms with Crippen LogP contribution in [0.5, 0.6) is 11.5 Å². The summed E-state index contributed by atoms with van der Waals surface area (Å²) in [5.74, 6) is 0.219. The highest BCUT2D eigenvalue weighted by atomic mass is 16.5. The van der Waals surface area contributed by atoms with Gasteiger partial charge in [-0.15, -0.1) is 0 Å². The molecule has 0 bridgehead atoms. The van der Waals surface area contributed by atoms with Crippen molar-refractivity contribution in [3.8, 4) is 11.5 Å². The number of carbonyl (C=O) groups excluding carboxylic acids is 3. The maximum absolute atomic E-state index is 12.9. The normalized spacial score (nSPS) is 16.1. The molecule has 2 aromatic carbocycles. The second-order valence-corrected chi connectivity index (χ2v) is 10.5. The molecule has 41 heavy (non-hydrogen) atoms. The third kappa shape index (κ3) is 6.21. The standard InChI is InChI=1S/C31H35N3O7/c1-39-26-15-23-24(35)16-28(41-25(23)17-27(26)40-2)31(38)32-18-30(37)33-13-10-20(11-14-33)22-8-4-3-7-21(22)19-34-12-6-5-9-29(34)36/h3-4,7-8,15-17,20H,5-6,9-14,18-19H2,1-2H3,(H,32,38). The van der Waals surface area contributed by atoms with E-state index in [1.165, 1.54) is 37.5 Å². The minimum absolute atomic E-state index is 0.179. The van der Waals surface area contributed by atoms with Crippen LogP contribution in [0.15, 0.2) is 51.7 Å². The Morgan fingerprint density at radius 3 is 2.44 bits per heavy atom. The number of ether oxygens (including phenoxy) is 2. The van der Waals surface area contributed by atoms with Gasteiger partial charge in [-0.25, -0.2) is 0 Å². The van der Waals surface area contributed by atoms with Gasteiger partial charge in [0.1, 0.15) is 5.58 Å². The second kappa shape index (κ2) is 12.4. The molecule has 1 aromatic heterocycles. The van der Waals surface area contributed by atoms with Gasteiger partial charge in [-0.2, -0.15) is 0 Å². The highest BCUT2D eigenvalue weighted by molar-refractivity contribution is 5.95. The van der Waals surface area contributed by atoms with E-state index in [4.69, 9.17) is 13.9 Å². The number of hydrogen-bond acceptors (Lipinski definition) is 7. The first-order valence-electron chi connectivity index (χ1n) is 14.0. The minimum Gasteiger partial charge on any atom is -0.493 e. The van der Waals surface area contributed by atoms with Gasteiger partial charge in [0.05, 0.1) is 26.2 Å².